The Morgan fingerprint density at radius 3 is 1.33 bits per heavy atom. The fraction of sp³-hybridized carbons (Fsp3) is 0.0625. The molecule has 10 aliphatic rings. The smallest absolute Gasteiger partial charge is 0.145 e. The maximum atomic E-state index is 4.99. The summed E-state index contributed by atoms with van der Waals surface area (Å²) in [5.74, 6) is 0. The number of fused-ring (bicyclic) bond motifs is 1. The Morgan fingerprint density at radius 2 is 0.889 bits per heavy atom. The first-order valence-electron chi connectivity index (χ1n) is 12.4. The summed E-state index contributed by atoms with van der Waals surface area (Å²) in [4.78, 5) is 12.6. The largest absolute Gasteiger partial charge is 0.272 e. The molecule has 4 nitrogen and oxygen atoms in total. The molecule has 2 unspecified atom stereocenters. The molecule has 2 N–H and O–H groups in total. The number of para-hydroxylation sites is 2. The average molecular weight is 467 g/mol. The molecule has 4 aromatic carbocycles. The zero-order valence-corrected chi connectivity index (χ0v) is 19.9. The summed E-state index contributed by atoms with van der Waals surface area (Å²) in [6, 6.07) is 34.5. The van der Waals surface area contributed by atoms with Crippen molar-refractivity contribution < 1.29 is 9.80 Å². The Morgan fingerprint density at radius 1 is 0.472 bits per heavy atom. The number of allylic oxidation sites excluding steroid dienone is 2. The Hall–Kier alpha value is -4.38. The Labute approximate surface area is 210 Å². The fourth-order valence-corrected chi connectivity index (χ4v) is 5.29. The van der Waals surface area contributed by atoms with E-state index in [1.54, 1.807) is 0 Å². The van der Waals surface area contributed by atoms with Crippen LogP contribution in [0.15, 0.2) is 132 Å². The van der Waals surface area contributed by atoms with Gasteiger partial charge in [0.25, 0.3) is 0 Å². The minimum Gasteiger partial charge on any atom is -0.272 e. The van der Waals surface area contributed by atoms with E-state index in [1.165, 1.54) is 43.4 Å². The van der Waals surface area contributed by atoms with Gasteiger partial charge >= 0.3 is 0 Å². The van der Waals surface area contributed by atoms with Crippen molar-refractivity contribution in [3.8, 4) is 0 Å². The molecule has 172 valence electrons. The van der Waals surface area contributed by atoms with E-state index in [2.05, 4.69) is 122 Å². The highest BCUT2D eigenvalue weighted by Gasteiger charge is 2.24. The third-order valence-electron chi connectivity index (χ3n) is 7.14. The van der Waals surface area contributed by atoms with Gasteiger partial charge in [-0.1, -0.05) is 48.5 Å². The lowest BCUT2D eigenvalue weighted by molar-refractivity contribution is -0.791. The van der Waals surface area contributed by atoms with Gasteiger partial charge in [0.15, 0.2) is 0 Å². The molecule has 0 radical (unpaired) electrons. The van der Waals surface area contributed by atoms with Gasteiger partial charge in [-0.15, -0.1) is 0 Å². The predicted molar refractivity (Wildman–Crippen MR) is 145 cm³/mol. The quantitative estimate of drug-likeness (QED) is 0.376. The van der Waals surface area contributed by atoms with Gasteiger partial charge in [-0.25, -0.2) is 9.98 Å². The molecule has 0 aromatic heterocycles. The van der Waals surface area contributed by atoms with E-state index in [-0.39, 0.29) is 0 Å². The summed E-state index contributed by atoms with van der Waals surface area (Å²) in [5.41, 5.74) is 11.4. The van der Waals surface area contributed by atoms with Crippen LogP contribution in [0, 0.1) is 0 Å². The number of hydrogen-bond donors (Lipinski definition) is 2. The lowest BCUT2D eigenvalue weighted by atomic mass is 10.0. The topological polar surface area (TPSA) is 33.6 Å². The van der Waals surface area contributed by atoms with Crippen LogP contribution in [-0.2, 0) is 13.1 Å². The van der Waals surface area contributed by atoms with Crippen molar-refractivity contribution in [3.63, 3.8) is 0 Å². The molecule has 2 atom stereocenters. The summed E-state index contributed by atoms with van der Waals surface area (Å²) in [7, 11) is 0. The van der Waals surface area contributed by atoms with Crippen LogP contribution in [-0.4, -0.2) is 11.4 Å². The number of nitrogens with one attached hydrogen (secondary N) is 2. The minimum atomic E-state index is 0.898. The molecular formula is C32H26N4+2. The van der Waals surface area contributed by atoms with Crippen molar-refractivity contribution in [1.82, 2.24) is 0 Å². The van der Waals surface area contributed by atoms with Gasteiger partial charge in [-0.3, -0.25) is 9.80 Å². The number of quaternary nitrogens is 2. The summed E-state index contributed by atoms with van der Waals surface area (Å²) in [6.45, 7) is 1.80. The predicted octanol–water partition coefficient (Wildman–Crippen LogP) is 4.73. The third kappa shape index (κ3) is 3.83. The SMILES string of the molecule is C1=C[NH+]2Cc3ccc(cc3)C[NH+]3C=CC(=Nc4ccc(cc4)N=C1c1ccccc12)c1ccccc13. The molecule has 14 rings (SSSR count). The van der Waals surface area contributed by atoms with E-state index >= 15 is 0 Å². The maximum Gasteiger partial charge on any atom is 0.145 e. The lowest BCUT2D eigenvalue weighted by Gasteiger charge is -2.23. The summed E-state index contributed by atoms with van der Waals surface area (Å²) >= 11 is 0. The van der Waals surface area contributed by atoms with Gasteiger partial charge in [-0.05, 0) is 36.4 Å². The van der Waals surface area contributed by atoms with Gasteiger partial charge in [-0.2, -0.15) is 0 Å². The van der Waals surface area contributed by atoms with Crippen LogP contribution >= 0.6 is 0 Å². The highest BCUT2D eigenvalue weighted by atomic mass is 15.1. The van der Waals surface area contributed by atoms with Gasteiger partial charge in [0.2, 0.25) is 0 Å². The first-order valence-corrected chi connectivity index (χ1v) is 12.4. The second-order valence-electron chi connectivity index (χ2n) is 9.49. The van der Waals surface area contributed by atoms with Crippen molar-refractivity contribution in [2.45, 2.75) is 13.1 Å². The third-order valence-corrected chi connectivity index (χ3v) is 7.14. The monoisotopic (exact) mass is 466 g/mol. The highest BCUT2D eigenvalue weighted by molar-refractivity contribution is 6.13. The minimum absolute atomic E-state index is 0.898. The molecule has 0 aliphatic carbocycles. The highest BCUT2D eigenvalue weighted by Crippen LogP contribution is 2.25. The van der Waals surface area contributed by atoms with Crippen molar-refractivity contribution >= 4 is 34.2 Å². The van der Waals surface area contributed by atoms with Crippen LogP contribution in [0.1, 0.15) is 22.3 Å². The summed E-state index contributed by atoms with van der Waals surface area (Å²) in [5, 5.41) is 0. The first kappa shape index (κ1) is 20.9. The van der Waals surface area contributed by atoms with Gasteiger partial charge in [0.1, 0.15) is 36.9 Å². The van der Waals surface area contributed by atoms with E-state index in [9.17, 15) is 0 Å². The fourth-order valence-electron chi connectivity index (χ4n) is 5.29. The molecule has 0 spiro atoms. The van der Waals surface area contributed by atoms with Crippen LogP contribution in [0.4, 0.5) is 22.7 Å². The van der Waals surface area contributed by atoms with E-state index in [4.69, 9.17) is 9.98 Å². The number of hydrogen-bond acceptors (Lipinski definition) is 2. The zero-order chi connectivity index (χ0) is 23.9. The molecular weight excluding hydrogens is 440 g/mol. The molecule has 10 aliphatic heterocycles. The van der Waals surface area contributed by atoms with Crippen molar-refractivity contribution in [1.29, 1.82) is 0 Å². The molecule has 0 saturated heterocycles. The Balaban J connectivity index is 1.38. The number of nitrogens with zero attached hydrogens (tertiary/aromatic N) is 2. The molecule has 4 heteroatoms. The van der Waals surface area contributed by atoms with Crippen LogP contribution in [0.5, 0.6) is 0 Å². The number of aliphatic imine (C=N–C) groups is 2. The van der Waals surface area contributed by atoms with E-state index in [0.29, 0.717) is 0 Å². The molecule has 0 fully saturated rings. The average Bonchev–Trinajstić information content (AvgIpc) is 2.93. The van der Waals surface area contributed by atoms with Gasteiger partial charge in [0, 0.05) is 35.4 Å². The normalized spacial score (nSPS) is 19.6. The van der Waals surface area contributed by atoms with Gasteiger partial charge in [0.05, 0.1) is 33.9 Å². The number of rotatable bonds is 0. The van der Waals surface area contributed by atoms with Crippen LogP contribution in [0.2, 0.25) is 0 Å². The van der Waals surface area contributed by atoms with Crippen molar-refractivity contribution in [2.24, 2.45) is 9.98 Å². The summed E-state index contributed by atoms with van der Waals surface area (Å²) < 4.78 is 0. The zero-order valence-electron chi connectivity index (χ0n) is 19.9. The first-order chi connectivity index (χ1) is 17.8. The maximum absolute atomic E-state index is 4.99. The second-order valence-corrected chi connectivity index (χ2v) is 9.49. The second kappa shape index (κ2) is 8.68. The number of benzene rings is 4. The van der Waals surface area contributed by atoms with Crippen LogP contribution in [0.3, 0.4) is 0 Å². The molecule has 4 aromatic rings. The molecule has 10 heterocycles. The standard InChI is InChI=1S/C32H24N4/c1-3-7-31-27(5-1)29-17-19-35(31)21-23-9-11-24(12-10-23)22-36-20-18-30(28-6-2-4-8-32(28)36)34-26-15-13-25(33-29)14-16-26/h1-20H,21-22H2/p+2. The molecule has 36 heavy (non-hydrogen) atoms. The van der Waals surface area contributed by atoms with Crippen LogP contribution in [0.25, 0.3) is 0 Å². The van der Waals surface area contributed by atoms with Crippen molar-refractivity contribution in [2.75, 3.05) is 0 Å². The van der Waals surface area contributed by atoms with E-state index < -0.39 is 0 Å². The Kier molecular flexibility index (Phi) is 5.05. The van der Waals surface area contributed by atoms with Gasteiger partial charge < -0.3 is 0 Å². The van der Waals surface area contributed by atoms with Crippen molar-refractivity contribution in [3.05, 3.63) is 144 Å². The molecule has 0 saturated carbocycles. The van der Waals surface area contributed by atoms with E-state index in [1.807, 2.05) is 0 Å². The molecule has 0 amide bonds. The molecule has 8 bridgehead atoms. The Bertz CT molecular complexity index is 1450. The van der Waals surface area contributed by atoms with E-state index in [0.717, 1.165) is 35.9 Å². The summed E-state index contributed by atoms with van der Waals surface area (Å²) in [6.07, 6.45) is 8.75. The van der Waals surface area contributed by atoms with Crippen LogP contribution < -0.4 is 9.80 Å². The lowest BCUT2D eigenvalue weighted by Crippen LogP contribution is -3.02.